The topological polar surface area (TPSA) is 840 Å². The number of carboxylic acids is 3. The molecule has 2 aliphatic rings. The average molecular weight is 2070 g/mol. The zero-order chi connectivity index (χ0) is 108. The molecule has 3 aromatic rings. The largest absolute Gasteiger partial charge is 0.481 e. The standard InChI is InChI=1S/C93H146N28O24S/c1-50(2)39-62(82(135)111-61(91(144)145)31-32-73(125)126)113-85(138)66(44-74(127)128)115-80(133)59(27-14-16-34-95)110-89(142)75(53(6)122)119-86(139)63(40-51(3)4)112-79(132)58(26-13-15-33-94)109-87(140)69-29-19-37-120(69)72(124)47-105-76(129)52(5)107-71(123)46-104-78(131)68(48-146)118-81(134)60(28-18-36-103-93(99)100)108-84(137)65(43-56-45-101-49-106-56)114-83(136)64(41-54-21-9-7-10-22-54)116-88(141)70-30-20-38-121(70)90(143)67(42-55-23-11-8-12-24-55)117-77(130)57(96)25-17-35-102-92(97)98/h7-12,21-24,45,49-53,57-70,75,122,146H,13-20,25-44,46-48,94-96H2,1-6H3,(H,101,106)(H,104,131)(H,105,129)(H,107,123)(H,108,137)(H,109,140)(H,110,142)(H,111,135)(H,112,132)(H,113,138)(H,114,136)(H,115,133)(H,116,141)(H,117,130)(H,118,134)(H,119,139)(H,125,126)(H,127,128)(H,144,145)(H4,97,98,102)(H4,99,100,103)/t52-,53+,57-,58-,59-,60-,61-,62-,63-,64-,65-,66-,67-,68-,69-,70-,75-/m0/s1. The van der Waals surface area contributed by atoms with Gasteiger partial charge in [0.1, 0.15) is 90.6 Å². The summed E-state index contributed by atoms with van der Waals surface area (Å²) in [5.41, 5.74) is 30.4. The lowest BCUT2D eigenvalue weighted by atomic mass is 10.0. The molecule has 17 amide bonds. The Hall–Kier alpha value is -14.2. The van der Waals surface area contributed by atoms with E-state index in [-0.39, 0.29) is 160 Å². The van der Waals surface area contributed by atoms with Crippen molar-refractivity contribution in [3.63, 3.8) is 0 Å². The number of hydrogen-bond acceptors (Lipinski definition) is 28. The van der Waals surface area contributed by atoms with E-state index in [1.165, 1.54) is 29.2 Å². The molecule has 0 bridgehead atoms. The molecular weight excluding hydrogens is 1930 g/mol. The summed E-state index contributed by atoms with van der Waals surface area (Å²) in [6.07, 6.45) is 0.140. The van der Waals surface area contributed by atoms with Crippen LogP contribution in [0.2, 0.25) is 0 Å². The molecule has 2 aliphatic heterocycles. The summed E-state index contributed by atoms with van der Waals surface area (Å²) in [4.78, 5) is 286. The highest BCUT2D eigenvalue weighted by Crippen LogP contribution is 2.24. The fourth-order valence-electron chi connectivity index (χ4n) is 16.0. The monoisotopic (exact) mass is 2070 g/mol. The average Bonchev–Trinajstić information content (AvgIpc) is 1.77. The highest BCUT2D eigenvalue weighted by atomic mass is 32.1. The molecule has 0 unspecified atom stereocenters. The number of rotatable bonds is 66. The number of aliphatic hydroxyl groups is 1. The minimum absolute atomic E-state index is 0.00971. The third kappa shape index (κ3) is 43.8. The summed E-state index contributed by atoms with van der Waals surface area (Å²) in [7, 11) is 0. The first kappa shape index (κ1) is 122. The summed E-state index contributed by atoms with van der Waals surface area (Å²) in [6.45, 7) is 8.22. The molecule has 5 rings (SSSR count). The number of nitrogens with one attached hydrogen (secondary N) is 20. The number of nitrogens with zero attached hydrogens (tertiary/aromatic N) is 3. The summed E-state index contributed by atoms with van der Waals surface area (Å²) < 4.78 is 0. The fraction of sp³-hybridized carbons (Fsp3) is 0.602. The maximum atomic E-state index is 14.9. The number of guanidine groups is 2. The van der Waals surface area contributed by atoms with E-state index in [2.05, 4.69) is 113 Å². The van der Waals surface area contributed by atoms with Crippen LogP contribution in [0.5, 0.6) is 0 Å². The van der Waals surface area contributed by atoms with E-state index >= 15 is 0 Å². The van der Waals surface area contributed by atoms with Crippen molar-refractivity contribution in [2.75, 3.05) is 58.1 Å². The van der Waals surface area contributed by atoms with Crippen LogP contribution in [0.15, 0.2) is 73.2 Å². The minimum Gasteiger partial charge on any atom is -0.481 e. The summed E-state index contributed by atoms with van der Waals surface area (Å²) in [5, 5.41) is 97.8. The molecule has 0 radical (unpaired) electrons. The number of H-pyrrole nitrogens is 1. The van der Waals surface area contributed by atoms with Gasteiger partial charge in [-0.2, -0.15) is 12.6 Å². The normalized spacial score (nSPS) is 16.3. The fourth-order valence-corrected chi connectivity index (χ4v) is 16.2. The summed E-state index contributed by atoms with van der Waals surface area (Å²) in [5.74, 6) is -22.0. The van der Waals surface area contributed by atoms with Crippen molar-refractivity contribution in [1.29, 1.82) is 10.8 Å². The number of thiol groups is 1. The number of likely N-dealkylation sites (tertiary alicyclic amines) is 2. The lowest BCUT2D eigenvalue weighted by molar-refractivity contribution is -0.144. The Morgan fingerprint density at radius 3 is 1.36 bits per heavy atom. The highest BCUT2D eigenvalue weighted by molar-refractivity contribution is 7.80. The molecule has 2 aromatic carbocycles. The number of imidazole rings is 1. The lowest BCUT2D eigenvalue weighted by Crippen LogP contribution is -2.62. The molecular formula is C93H146N28O24S. The van der Waals surface area contributed by atoms with Gasteiger partial charge in [-0.15, -0.1) is 0 Å². The van der Waals surface area contributed by atoms with Crippen LogP contribution in [0.1, 0.15) is 180 Å². The van der Waals surface area contributed by atoms with Crippen LogP contribution >= 0.6 is 12.6 Å². The minimum atomic E-state index is -1.95. The van der Waals surface area contributed by atoms with Gasteiger partial charge in [-0.1, -0.05) is 88.4 Å². The van der Waals surface area contributed by atoms with E-state index < -0.39 is 265 Å². The number of benzene rings is 2. The SMILES string of the molecule is CC(C)C[C@H](NC(=O)[C@H](CC(=O)O)NC(=O)[C@H](CCCCN)NC(=O)[C@@H](NC(=O)[C@H](CC(C)C)NC(=O)[C@H](CCCCN)NC(=O)[C@@H]1CCCN1C(=O)CNC(=O)[C@H](C)NC(=O)CNC(=O)[C@H](CS)NC(=O)[C@H](CCCNC(=N)N)NC(=O)[C@H](Cc1cnc[nH]1)NC(=O)[C@H](Cc1ccccc1)NC(=O)[C@@H]1CCCN1C(=O)[C@H](Cc1ccccc1)NC(=O)[C@@H](N)CCCNC(=N)N)[C@@H](C)O)C(=O)N[C@@H](CCC(=O)O)C(=O)O. The Balaban J connectivity index is 1.23. The Morgan fingerprint density at radius 2 is 0.870 bits per heavy atom. The molecule has 808 valence electrons. The van der Waals surface area contributed by atoms with Crippen molar-refractivity contribution in [2.24, 2.45) is 40.5 Å². The number of carbonyl (C=O) groups excluding carboxylic acids is 17. The number of carbonyl (C=O) groups is 20. The van der Waals surface area contributed by atoms with Gasteiger partial charge in [-0.05, 0) is 159 Å². The van der Waals surface area contributed by atoms with E-state index in [1.54, 1.807) is 88.4 Å². The van der Waals surface area contributed by atoms with E-state index in [4.69, 9.17) is 44.6 Å². The van der Waals surface area contributed by atoms with Gasteiger partial charge in [0, 0.05) is 69.5 Å². The van der Waals surface area contributed by atoms with E-state index in [0.717, 1.165) is 6.92 Å². The summed E-state index contributed by atoms with van der Waals surface area (Å²) >= 11 is 4.29. The number of carboxylic acid groups (broad SMARTS) is 3. The number of aromatic nitrogens is 2. The second-order valence-corrected chi connectivity index (χ2v) is 37.0. The van der Waals surface area contributed by atoms with Crippen LogP contribution in [-0.4, -0.2) is 331 Å². The third-order valence-corrected chi connectivity index (χ3v) is 24.1. The Labute approximate surface area is 850 Å². The molecule has 17 atom stereocenters. The van der Waals surface area contributed by atoms with Gasteiger partial charge in [0.15, 0.2) is 11.9 Å². The van der Waals surface area contributed by atoms with E-state index in [9.17, 15) is 111 Å². The van der Waals surface area contributed by atoms with Gasteiger partial charge in [0.25, 0.3) is 0 Å². The maximum Gasteiger partial charge on any atom is 0.326 e. The van der Waals surface area contributed by atoms with Crippen LogP contribution < -0.4 is 119 Å². The predicted molar refractivity (Wildman–Crippen MR) is 532 cm³/mol. The molecule has 0 saturated carbocycles. The van der Waals surface area contributed by atoms with Crippen molar-refractivity contribution in [1.82, 2.24) is 110 Å². The van der Waals surface area contributed by atoms with E-state index in [0.29, 0.717) is 36.1 Å². The molecule has 53 heteroatoms. The van der Waals surface area contributed by atoms with Crippen LogP contribution in [0.25, 0.3) is 0 Å². The number of nitrogens with two attached hydrogens (primary N) is 5. The highest BCUT2D eigenvalue weighted by Gasteiger charge is 2.44. The summed E-state index contributed by atoms with van der Waals surface area (Å²) in [6, 6.07) is -6.13. The molecule has 1 aromatic heterocycles. The van der Waals surface area contributed by atoms with Crippen molar-refractivity contribution in [2.45, 2.75) is 286 Å². The smallest absolute Gasteiger partial charge is 0.326 e. The van der Waals surface area contributed by atoms with Gasteiger partial charge in [0.05, 0.1) is 38.0 Å². The second kappa shape index (κ2) is 63.8. The molecule has 2 saturated heterocycles. The molecule has 34 N–H and O–H groups in total. The van der Waals surface area contributed by atoms with Crippen molar-refractivity contribution in [3.8, 4) is 0 Å². The molecule has 0 aliphatic carbocycles. The molecule has 146 heavy (non-hydrogen) atoms. The number of unbranched alkanes of at least 4 members (excludes halogenated alkanes) is 2. The Morgan fingerprint density at radius 1 is 0.445 bits per heavy atom. The molecule has 3 heterocycles. The Kier molecular flexibility index (Phi) is 53.4. The second-order valence-electron chi connectivity index (χ2n) is 36.7. The van der Waals surface area contributed by atoms with Crippen molar-refractivity contribution < 1.29 is 116 Å². The van der Waals surface area contributed by atoms with Gasteiger partial charge in [0.2, 0.25) is 100 Å². The van der Waals surface area contributed by atoms with Gasteiger partial charge >= 0.3 is 17.9 Å². The number of amides is 17. The molecule has 2 fully saturated rings. The van der Waals surface area contributed by atoms with Crippen LogP contribution in [0.4, 0.5) is 0 Å². The maximum absolute atomic E-state index is 14.9. The number of aromatic amines is 1. The first-order valence-corrected chi connectivity index (χ1v) is 49.3. The van der Waals surface area contributed by atoms with Gasteiger partial charge in [-0.3, -0.25) is 102 Å². The van der Waals surface area contributed by atoms with E-state index in [1.807, 2.05) is 0 Å². The van der Waals surface area contributed by atoms with Gasteiger partial charge in [-0.25, -0.2) is 9.78 Å². The lowest BCUT2D eigenvalue weighted by Gasteiger charge is -2.31. The third-order valence-electron chi connectivity index (χ3n) is 23.7. The number of aliphatic hydroxyl groups excluding tert-OH is 1. The number of aliphatic carboxylic acids is 3. The zero-order valence-electron chi connectivity index (χ0n) is 82.9. The first-order valence-electron chi connectivity index (χ1n) is 48.7. The van der Waals surface area contributed by atoms with Crippen molar-refractivity contribution >= 4 is 143 Å². The quantitative estimate of drug-likeness (QED) is 0.0108. The first-order chi connectivity index (χ1) is 69.2. The Bertz CT molecular complexity index is 4890. The molecule has 0 spiro atoms. The predicted octanol–water partition coefficient (Wildman–Crippen LogP) is -7.09. The van der Waals surface area contributed by atoms with Crippen LogP contribution in [0.3, 0.4) is 0 Å². The van der Waals surface area contributed by atoms with Gasteiger partial charge < -0.3 is 154 Å². The van der Waals surface area contributed by atoms with Crippen LogP contribution in [-0.2, 0) is 115 Å². The zero-order valence-corrected chi connectivity index (χ0v) is 83.8. The number of hydrogen-bond donors (Lipinski definition) is 30. The molecule has 52 nitrogen and oxygen atoms in total. The van der Waals surface area contributed by atoms with Crippen LogP contribution in [0, 0.1) is 22.7 Å². The van der Waals surface area contributed by atoms with Crippen molar-refractivity contribution in [3.05, 3.63) is 90.0 Å².